The summed E-state index contributed by atoms with van der Waals surface area (Å²) in [7, 11) is 1.55. The van der Waals surface area contributed by atoms with Gasteiger partial charge in [-0.1, -0.05) is 19.6 Å². The van der Waals surface area contributed by atoms with Crippen molar-refractivity contribution in [2.45, 2.75) is 52.9 Å². The van der Waals surface area contributed by atoms with Gasteiger partial charge < -0.3 is 26.8 Å². The van der Waals surface area contributed by atoms with Crippen molar-refractivity contribution >= 4 is 43.0 Å². The number of carbonyl (C=O) groups is 4. The molecule has 11 nitrogen and oxygen atoms in total. The second-order valence-corrected chi connectivity index (χ2v) is 14.8. The number of ketones is 1. The summed E-state index contributed by atoms with van der Waals surface area (Å²) in [6.45, 7) is 14.9. The van der Waals surface area contributed by atoms with E-state index >= 15 is 0 Å². The molecule has 0 spiro atoms. The molecule has 0 aliphatic carbocycles. The number of nitriles is 2. The van der Waals surface area contributed by atoms with Gasteiger partial charge in [0.2, 0.25) is 0 Å². The number of rotatable bonds is 4. The highest BCUT2D eigenvalue weighted by molar-refractivity contribution is 6.83. The van der Waals surface area contributed by atoms with E-state index in [1.807, 2.05) is 25.7 Å². The summed E-state index contributed by atoms with van der Waals surface area (Å²) >= 11 is 0. The molecule has 0 radical (unpaired) electrons. The third-order valence-electron chi connectivity index (χ3n) is 3.98. The molecule has 0 unspecified atom stereocenters. The third-order valence-corrected chi connectivity index (χ3v) is 4.65. The van der Waals surface area contributed by atoms with Crippen molar-refractivity contribution in [2.75, 3.05) is 25.1 Å². The number of hydrogen-bond donors (Lipinski definition) is 5. The number of Topliss-reactive ketones (excluding diaryl/α,β-unsaturated/α-hetero) is 1. The van der Waals surface area contributed by atoms with Crippen molar-refractivity contribution in [3.8, 4) is 11.8 Å². The topological polar surface area (TPSA) is 198 Å². The minimum absolute atomic E-state index is 0.00620. The monoisotopic (exact) mass is 619 g/mol. The van der Waals surface area contributed by atoms with Gasteiger partial charge in [0, 0.05) is 45.0 Å². The average Bonchev–Trinajstić information content (AvgIpc) is 2.87. The van der Waals surface area contributed by atoms with E-state index in [1.54, 1.807) is 19.9 Å². The molecule has 0 bridgehead atoms. The zero-order valence-corrected chi connectivity index (χ0v) is 27.0. The van der Waals surface area contributed by atoms with Gasteiger partial charge in [0.15, 0.2) is 8.07 Å². The number of carboxylic acid groups (broad SMARTS) is 1. The van der Waals surface area contributed by atoms with Crippen LogP contribution in [0.1, 0.15) is 48.4 Å². The molecule has 0 atom stereocenters. The van der Waals surface area contributed by atoms with Crippen molar-refractivity contribution in [3.63, 3.8) is 0 Å². The van der Waals surface area contributed by atoms with Gasteiger partial charge in [0.1, 0.15) is 24.1 Å². The Labute approximate surface area is 253 Å². The fourth-order valence-electron chi connectivity index (χ4n) is 2.15. The second-order valence-electron chi connectivity index (χ2n) is 10.0. The average molecular weight is 620 g/mol. The molecule has 2 aromatic rings. The smallest absolute Gasteiger partial charge is 0.300 e. The van der Waals surface area contributed by atoms with Gasteiger partial charge in [-0.2, -0.15) is 5.26 Å². The molecule has 2 aromatic carbocycles. The number of nitrogens with one attached hydrogen (secondary N) is 3. The number of nitrogens with zero attached hydrogens (tertiary/aromatic N) is 2. The van der Waals surface area contributed by atoms with Crippen molar-refractivity contribution in [1.82, 2.24) is 10.6 Å². The van der Waals surface area contributed by atoms with E-state index in [-0.39, 0.29) is 16.9 Å². The number of carboxylic acids is 1. The summed E-state index contributed by atoms with van der Waals surface area (Å²) in [5, 5.41) is 32.0. The van der Waals surface area contributed by atoms with E-state index in [0.717, 1.165) is 13.0 Å². The third kappa shape index (κ3) is 23.5. The van der Waals surface area contributed by atoms with Gasteiger partial charge in [-0.05, 0) is 50.2 Å². The van der Waals surface area contributed by atoms with Crippen LogP contribution >= 0.6 is 0 Å². The number of nitrogen functional groups attached to an aromatic ring is 1. The highest BCUT2D eigenvalue weighted by Gasteiger charge is 2.17. The van der Waals surface area contributed by atoms with Crippen LogP contribution < -0.4 is 21.7 Å². The van der Waals surface area contributed by atoms with Crippen LogP contribution in [0.25, 0.3) is 0 Å². The number of amides is 2. The maximum Gasteiger partial charge on any atom is 0.300 e. The zero-order chi connectivity index (χ0) is 34.6. The van der Waals surface area contributed by atoms with Gasteiger partial charge >= 0.3 is 0 Å². The van der Waals surface area contributed by atoms with Gasteiger partial charge in [-0.3, -0.25) is 14.4 Å². The molecule has 0 aromatic heterocycles. The number of anilines is 2. The molecule has 0 saturated carbocycles. The minimum atomic E-state index is -1.33. The van der Waals surface area contributed by atoms with E-state index in [0.29, 0.717) is 11.4 Å². The molecule has 2 rings (SSSR count). The van der Waals surface area contributed by atoms with Crippen molar-refractivity contribution in [1.29, 1.82) is 10.5 Å². The van der Waals surface area contributed by atoms with Crippen molar-refractivity contribution in [2.24, 2.45) is 0 Å². The summed E-state index contributed by atoms with van der Waals surface area (Å²) in [5.41, 5.74) is 7.50. The SMILES string of the molecule is CC(=O)O.CNC(=O)c1ccc(N)cc1F.CNC(=O)c1ccc(NC(C)(C)C#N)cc1F.C[Si](C)(C)C#N.[CH2+]C(C)=O. The van der Waals surface area contributed by atoms with E-state index < -0.39 is 43.0 Å². The Morgan fingerprint density at radius 2 is 1.26 bits per heavy atom. The molecule has 6 N–H and O–H groups in total. The summed E-state index contributed by atoms with van der Waals surface area (Å²) in [6, 6.07) is 10.1. The van der Waals surface area contributed by atoms with Crippen LogP contribution in [-0.2, 0) is 9.59 Å². The molecular formula is C29H41F2N6O5Si+. The highest BCUT2D eigenvalue weighted by atomic mass is 28.3. The fourth-order valence-corrected chi connectivity index (χ4v) is 2.15. The largest absolute Gasteiger partial charge is 0.481 e. The maximum atomic E-state index is 13.6. The molecule has 234 valence electrons. The quantitative estimate of drug-likeness (QED) is 0.185. The number of nitrogens with two attached hydrogens (primary N) is 1. The standard InChI is InChI=1S/C12H14FN3O.C8H9FN2O.C4H9NSi.C3H5O.C2H4O2/c1-12(2,7-14)16-8-4-5-9(10(13)6-8)11(17)15-3;1-11-8(12)6-3-2-5(10)4-7(6)9;1-6(2,3)4-5;1-3(2)4;1-2(3)4/h4-6,16H,1-3H3,(H,15,17);2-4H,10H2,1H3,(H,11,12);1-3H3;1H2,2H3;1H3,(H,3,4)/q;;;+1;. The summed E-state index contributed by atoms with van der Waals surface area (Å²) < 4.78 is 26.5. The summed E-state index contributed by atoms with van der Waals surface area (Å²) in [5.74, 6) is -3.07. The van der Waals surface area contributed by atoms with Crippen molar-refractivity contribution in [3.05, 3.63) is 66.1 Å². The molecule has 0 aliphatic rings. The molecule has 0 saturated heterocycles. The lowest BCUT2D eigenvalue weighted by atomic mass is 10.1. The van der Waals surface area contributed by atoms with Crippen molar-refractivity contribution < 1.29 is 33.1 Å². The lowest BCUT2D eigenvalue weighted by Crippen LogP contribution is -2.28. The first-order valence-corrected chi connectivity index (χ1v) is 16.0. The Morgan fingerprint density at radius 3 is 1.53 bits per heavy atom. The number of carbonyl (C=O) groups excluding carboxylic acids is 3. The van der Waals surface area contributed by atoms with Crippen LogP contribution in [0.15, 0.2) is 36.4 Å². The van der Waals surface area contributed by atoms with Crippen LogP contribution in [0.5, 0.6) is 0 Å². The van der Waals surface area contributed by atoms with Gasteiger partial charge in [0.05, 0.1) is 17.2 Å². The molecule has 0 aliphatic heterocycles. The summed E-state index contributed by atoms with van der Waals surface area (Å²) in [6.07, 6.45) is 0. The number of benzene rings is 2. The predicted molar refractivity (Wildman–Crippen MR) is 166 cm³/mol. The van der Waals surface area contributed by atoms with Crippen LogP contribution in [0.3, 0.4) is 0 Å². The van der Waals surface area contributed by atoms with Crippen LogP contribution in [-0.4, -0.2) is 56.4 Å². The number of aliphatic carboxylic acids is 1. The Kier molecular flexibility index (Phi) is 20.6. The molecule has 43 heavy (non-hydrogen) atoms. The van der Waals surface area contributed by atoms with Crippen LogP contribution in [0, 0.1) is 40.8 Å². The normalized spacial score (nSPS) is 9.42. The Hall–Kier alpha value is -4.95. The van der Waals surface area contributed by atoms with Gasteiger partial charge in [-0.25, -0.2) is 18.8 Å². The Bertz CT molecular complexity index is 1300. The van der Waals surface area contributed by atoms with Gasteiger partial charge in [-0.15, -0.1) is 0 Å². The van der Waals surface area contributed by atoms with Crippen LogP contribution in [0.4, 0.5) is 20.2 Å². The molecule has 14 heteroatoms. The minimum Gasteiger partial charge on any atom is -0.481 e. The van der Waals surface area contributed by atoms with Crippen LogP contribution in [0.2, 0.25) is 19.6 Å². The lowest BCUT2D eigenvalue weighted by molar-refractivity contribution is -0.134. The highest BCUT2D eigenvalue weighted by Crippen LogP contribution is 2.18. The van der Waals surface area contributed by atoms with E-state index in [9.17, 15) is 23.2 Å². The molecular weight excluding hydrogens is 578 g/mol. The Morgan fingerprint density at radius 1 is 0.907 bits per heavy atom. The maximum absolute atomic E-state index is 13.6. The summed E-state index contributed by atoms with van der Waals surface area (Å²) in [4.78, 5) is 40.6. The van der Waals surface area contributed by atoms with E-state index in [1.165, 1.54) is 45.3 Å². The van der Waals surface area contributed by atoms with E-state index in [2.05, 4.69) is 28.6 Å². The van der Waals surface area contributed by atoms with E-state index in [4.69, 9.17) is 26.2 Å². The van der Waals surface area contributed by atoms with Gasteiger partial charge in [0.25, 0.3) is 23.6 Å². The molecule has 0 heterocycles. The lowest BCUT2D eigenvalue weighted by Gasteiger charge is -2.19. The first kappa shape index (κ1) is 42.5. The number of hydrogen-bond acceptors (Lipinski definition) is 8. The first-order chi connectivity index (χ1) is 19.6. The predicted octanol–water partition coefficient (Wildman–Crippen LogP) is 4.55. The second kappa shape index (κ2) is 20.9. The first-order valence-electron chi connectivity index (χ1n) is 12.5. The molecule has 2 amide bonds. The molecule has 0 fully saturated rings. The zero-order valence-electron chi connectivity index (χ0n) is 26.0. The Balaban J connectivity index is -0.000000532. The fraction of sp³-hybridized carbons (Fsp3) is 0.345. The number of halogens is 2.